The summed E-state index contributed by atoms with van der Waals surface area (Å²) < 4.78 is 21.0. The molecule has 2 aromatic heterocycles. The number of carbonyl (C=O) groups is 1. The lowest BCUT2D eigenvalue weighted by atomic mass is 10.0. The van der Waals surface area contributed by atoms with Crippen LogP contribution in [0, 0.1) is 0 Å². The van der Waals surface area contributed by atoms with Crippen LogP contribution >= 0.6 is 18.7 Å². The summed E-state index contributed by atoms with van der Waals surface area (Å²) in [5.74, 6) is -0.0418. The molecule has 10 nitrogen and oxygen atoms in total. The van der Waals surface area contributed by atoms with E-state index in [1.807, 2.05) is 30.3 Å². The van der Waals surface area contributed by atoms with Crippen molar-refractivity contribution in [3.8, 4) is 22.6 Å². The molecule has 1 atom stereocenters. The molecule has 0 aliphatic heterocycles. The predicted octanol–water partition coefficient (Wildman–Crippen LogP) is 4.82. The number of tetrazole rings is 1. The van der Waals surface area contributed by atoms with Gasteiger partial charge in [0.1, 0.15) is 25.3 Å². The standard InChI is InChI=1S/C30H28ClN6O4P/c1-41-28-18-36(29(38)17-25(28)24-16-21(31)9-14-26(24)37-19-32-34-35-37)27(15-20-7-5-4-6-8-20)30(39)33-22-10-12-23(13-11-22)42(2,3)40/h4-14,16-19,27H,15H2,1-3H3,(H,33,39). The van der Waals surface area contributed by atoms with Crippen molar-refractivity contribution in [2.24, 2.45) is 0 Å². The zero-order valence-electron chi connectivity index (χ0n) is 23.1. The van der Waals surface area contributed by atoms with Gasteiger partial charge < -0.3 is 14.6 Å². The van der Waals surface area contributed by atoms with Gasteiger partial charge in [-0.15, -0.1) is 5.10 Å². The zero-order valence-corrected chi connectivity index (χ0v) is 24.8. The first kappa shape index (κ1) is 29.0. The minimum Gasteiger partial charge on any atom is -0.495 e. The molecular formula is C30H28ClN6O4P. The van der Waals surface area contributed by atoms with Gasteiger partial charge in [-0.3, -0.25) is 14.2 Å². The molecule has 1 unspecified atom stereocenters. The van der Waals surface area contributed by atoms with Crippen LogP contribution in [0.4, 0.5) is 5.69 Å². The highest BCUT2D eigenvalue weighted by Crippen LogP contribution is 2.36. The fourth-order valence-electron chi connectivity index (χ4n) is 4.62. The first-order chi connectivity index (χ1) is 20.1. The summed E-state index contributed by atoms with van der Waals surface area (Å²) in [5, 5.41) is 15.5. The molecule has 0 bridgehead atoms. The van der Waals surface area contributed by atoms with Crippen LogP contribution in [-0.2, 0) is 15.8 Å². The van der Waals surface area contributed by atoms with Crippen molar-refractivity contribution >= 4 is 35.6 Å². The Kier molecular flexibility index (Phi) is 8.38. The number of rotatable bonds is 9. The summed E-state index contributed by atoms with van der Waals surface area (Å²) in [6.45, 7) is 3.38. The summed E-state index contributed by atoms with van der Waals surface area (Å²) in [6, 6.07) is 22.0. The van der Waals surface area contributed by atoms with E-state index in [2.05, 4.69) is 20.8 Å². The van der Waals surface area contributed by atoms with E-state index in [4.69, 9.17) is 16.3 Å². The van der Waals surface area contributed by atoms with Crippen LogP contribution < -0.4 is 20.9 Å². The molecule has 0 fully saturated rings. The summed E-state index contributed by atoms with van der Waals surface area (Å²) in [6.07, 6.45) is 3.22. The minimum absolute atomic E-state index is 0.249. The Labute approximate surface area is 247 Å². The van der Waals surface area contributed by atoms with E-state index in [-0.39, 0.29) is 6.42 Å². The van der Waals surface area contributed by atoms with Gasteiger partial charge in [0.2, 0.25) is 5.91 Å². The van der Waals surface area contributed by atoms with Crippen molar-refractivity contribution < 1.29 is 14.1 Å². The Morgan fingerprint density at radius 1 is 1.02 bits per heavy atom. The molecule has 0 saturated carbocycles. The SMILES string of the molecule is COc1cn(C(Cc2ccccc2)C(=O)Nc2ccc(P(C)(C)=O)cc2)c(=O)cc1-c1cc(Cl)ccc1-n1cnnn1. The first-order valence-corrected chi connectivity index (χ1v) is 16.0. The molecule has 0 aliphatic carbocycles. The number of nitrogens with zero attached hydrogens (tertiary/aromatic N) is 5. The molecular weight excluding hydrogens is 575 g/mol. The van der Waals surface area contributed by atoms with Gasteiger partial charge in [-0.25, -0.2) is 0 Å². The summed E-state index contributed by atoms with van der Waals surface area (Å²) >= 11 is 6.34. The van der Waals surface area contributed by atoms with Gasteiger partial charge in [0, 0.05) is 39.6 Å². The number of halogens is 1. The lowest BCUT2D eigenvalue weighted by Gasteiger charge is -2.22. The van der Waals surface area contributed by atoms with E-state index in [1.54, 1.807) is 55.8 Å². The predicted molar refractivity (Wildman–Crippen MR) is 164 cm³/mol. The highest BCUT2D eigenvalue weighted by molar-refractivity contribution is 7.70. The average molecular weight is 603 g/mol. The van der Waals surface area contributed by atoms with Crippen molar-refractivity contribution in [3.05, 3.63) is 112 Å². The molecule has 5 aromatic rings. The van der Waals surface area contributed by atoms with Crippen molar-refractivity contribution in [2.75, 3.05) is 25.8 Å². The Hall–Kier alpha value is -4.53. The number of ether oxygens (including phenoxy) is 1. The highest BCUT2D eigenvalue weighted by atomic mass is 35.5. The minimum atomic E-state index is -2.45. The molecule has 12 heteroatoms. The van der Waals surface area contributed by atoms with Crippen LogP contribution in [0.3, 0.4) is 0 Å². The number of methoxy groups -OCH3 is 1. The first-order valence-electron chi connectivity index (χ1n) is 13.0. The van der Waals surface area contributed by atoms with Gasteiger partial charge in [-0.1, -0.05) is 41.9 Å². The second kappa shape index (κ2) is 12.1. The van der Waals surface area contributed by atoms with Crippen molar-refractivity contribution in [2.45, 2.75) is 12.5 Å². The monoisotopic (exact) mass is 602 g/mol. The molecule has 214 valence electrons. The fraction of sp³-hybridized carbons (Fsp3) is 0.167. The van der Waals surface area contributed by atoms with Crippen molar-refractivity contribution in [3.63, 3.8) is 0 Å². The van der Waals surface area contributed by atoms with E-state index in [0.717, 1.165) is 5.56 Å². The van der Waals surface area contributed by atoms with Gasteiger partial charge in [0.15, 0.2) is 0 Å². The number of pyridine rings is 1. The van der Waals surface area contributed by atoms with Gasteiger partial charge in [0.25, 0.3) is 5.56 Å². The third kappa shape index (κ3) is 6.35. The topological polar surface area (TPSA) is 121 Å². The largest absolute Gasteiger partial charge is 0.495 e. The maximum absolute atomic E-state index is 13.8. The normalized spacial score (nSPS) is 12.1. The van der Waals surface area contributed by atoms with Crippen molar-refractivity contribution in [1.29, 1.82) is 0 Å². The van der Waals surface area contributed by atoms with Gasteiger partial charge in [-0.05, 0) is 71.8 Å². The molecule has 5 rings (SSSR count). The summed E-state index contributed by atoms with van der Waals surface area (Å²) in [5.41, 5.74) is 2.60. The number of nitrogens with one attached hydrogen (secondary N) is 1. The smallest absolute Gasteiger partial charge is 0.252 e. The Balaban J connectivity index is 1.57. The number of carbonyl (C=O) groups excluding carboxylic acids is 1. The van der Waals surface area contributed by atoms with E-state index in [1.165, 1.54) is 34.9 Å². The van der Waals surface area contributed by atoms with Gasteiger partial charge >= 0.3 is 0 Å². The van der Waals surface area contributed by atoms with E-state index >= 15 is 0 Å². The average Bonchev–Trinajstić information content (AvgIpc) is 3.51. The van der Waals surface area contributed by atoms with Gasteiger partial charge in [0.05, 0.1) is 19.0 Å². The summed E-state index contributed by atoms with van der Waals surface area (Å²) in [7, 11) is -0.957. The Morgan fingerprint density at radius 2 is 1.76 bits per heavy atom. The second-order valence-corrected chi connectivity index (χ2v) is 13.7. The molecule has 1 N–H and O–H groups in total. The Bertz CT molecular complexity index is 1820. The van der Waals surface area contributed by atoms with E-state index in [0.29, 0.717) is 38.6 Å². The molecule has 2 heterocycles. The summed E-state index contributed by atoms with van der Waals surface area (Å²) in [4.78, 5) is 27.5. The Morgan fingerprint density at radius 3 is 2.40 bits per heavy atom. The number of hydrogen-bond donors (Lipinski definition) is 1. The maximum Gasteiger partial charge on any atom is 0.252 e. The molecule has 1 amide bonds. The maximum atomic E-state index is 13.8. The van der Waals surface area contributed by atoms with Crippen molar-refractivity contribution in [1.82, 2.24) is 24.8 Å². The number of anilines is 1. The van der Waals surface area contributed by atoms with Crippen LogP contribution in [0.25, 0.3) is 16.8 Å². The molecule has 0 saturated heterocycles. The molecule has 42 heavy (non-hydrogen) atoms. The van der Waals surface area contributed by atoms with Crippen LogP contribution in [0.2, 0.25) is 5.02 Å². The molecule has 0 radical (unpaired) electrons. The number of hydrogen-bond acceptors (Lipinski definition) is 7. The molecule has 0 aliphatic rings. The number of aromatic nitrogens is 5. The molecule has 0 spiro atoms. The van der Waals surface area contributed by atoms with E-state index in [9.17, 15) is 14.2 Å². The third-order valence-electron chi connectivity index (χ3n) is 6.78. The molecule has 3 aromatic carbocycles. The quantitative estimate of drug-likeness (QED) is 0.240. The van der Waals surface area contributed by atoms with Crippen LogP contribution in [0.1, 0.15) is 11.6 Å². The highest BCUT2D eigenvalue weighted by Gasteiger charge is 2.25. The lowest BCUT2D eigenvalue weighted by Crippen LogP contribution is -2.34. The van der Waals surface area contributed by atoms with Crippen LogP contribution in [0.15, 0.2) is 96.2 Å². The second-order valence-electron chi connectivity index (χ2n) is 10.0. The third-order valence-corrected chi connectivity index (χ3v) is 8.55. The lowest BCUT2D eigenvalue weighted by molar-refractivity contribution is -0.119. The van der Waals surface area contributed by atoms with Gasteiger partial charge in [-0.2, -0.15) is 4.68 Å². The number of benzene rings is 3. The zero-order chi connectivity index (χ0) is 29.9. The fourth-order valence-corrected chi connectivity index (χ4v) is 5.66. The van der Waals surface area contributed by atoms with Crippen LogP contribution in [-0.4, -0.2) is 51.1 Å². The van der Waals surface area contributed by atoms with E-state index < -0.39 is 24.7 Å². The number of amides is 1. The van der Waals surface area contributed by atoms with Crippen LogP contribution in [0.5, 0.6) is 5.75 Å².